The van der Waals surface area contributed by atoms with Crippen LogP contribution in [0.2, 0.25) is 0 Å². The lowest BCUT2D eigenvalue weighted by molar-refractivity contribution is -0.128. The fourth-order valence-corrected chi connectivity index (χ4v) is 0.752. The molecule has 1 aromatic heterocycles. The fraction of sp³-hybridized carbons (Fsp3) is 0.571. The molecule has 0 radical (unpaired) electrons. The molecular weight excluding hydrogens is 172 g/mol. The molecule has 0 atom stereocenters. The summed E-state index contributed by atoms with van der Waals surface area (Å²) in [5, 5.41) is 3.60. The summed E-state index contributed by atoms with van der Waals surface area (Å²) >= 11 is 0. The zero-order chi connectivity index (χ0) is 9.84. The summed E-state index contributed by atoms with van der Waals surface area (Å²) in [6.07, 6.45) is 0. The molecule has 13 heavy (non-hydrogen) atoms. The van der Waals surface area contributed by atoms with Crippen LogP contribution in [0.4, 0.5) is 0 Å². The van der Waals surface area contributed by atoms with Crippen molar-refractivity contribution in [2.45, 2.75) is 20.0 Å². The number of hydrogen-bond donors (Lipinski definition) is 1. The molecule has 2 N–H and O–H groups in total. The number of nitrogens with zero attached hydrogens (tertiary/aromatic N) is 3. The molecular formula is C7H12N4O2. The zero-order valence-corrected chi connectivity index (χ0v) is 7.65. The lowest BCUT2D eigenvalue weighted by Gasteiger charge is -2.10. The third kappa shape index (κ3) is 2.51. The molecule has 6 heteroatoms. The van der Waals surface area contributed by atoms with Gasteiger partial charge in [0.1, 0.15) is 0 Å². The topological polar surface area (TPSA) is 85.2 Å². The third-order valence-electron chi connectivity index (χ3n) is 1.60. The Balaban J connectivity index is 2.58. The van der Waals surface area contributed by atoms with Gasteiger partial charge in [0, 0.05) is 14.0 Å². The van der Waals surface area contributed by atoms with Gasteiger partial charge in [0.15, 0.2) is 5.82 Å². The van der Waals surface area contributed by atoms with E-state index in [2.05, 4.69) is 10.1 Å². The molecule has 0 saturated carbocycles. The first-order chi connectivity index (χ1) is 6.13. The van der Waals surface area contributed by atoms with Crippen molar-refractivity contribution in [1.29, 1.82) is 0 Å². The van der Waals surface area contributed by atoms with Crippen LogP contribution >= 0.6 is 0 Å². The molecule has 1 heterocycles. The van der Waals surface area contributed by atoms with Gasteiger partial charge < -0.3 is 15.2 Å². The van der Waals surface area contributed by atoms with Gasteiger partial charge in [0.2, 0.25) is 11.8 Å². The highest BCUT2D eigenvalue weighted by molar-refractivity contribution is 5.72. The first-order valence-electron chi connectivity index (χ1n) is 3.86. The van der Waals surface area contributed by atoms with E-state index in [4.69, 9.17) is 10.3 Å². The van der Waals surface area contributed by atoms with E-state index in [0.29, 0.717) is 18.3 Å². The van der Waals surface area contributed by atoms with E-state index in [1.165, 1.54) is 11.8 Å². The van der Waals surface area contributed by atoms with Crippen molar-refractivity contribution in [3.8, 4) is 0 Å². The van der Waals surface area contributed by atoms with E-state index < -0.39 is 0 Å². The van der Waals surface area contributed by atoms with Gasteiger partial charge in [-0.2, -0.15) is 4.98 Å². The molecule has 0 spiro atoms. The molecule has 0 bridgehead atoms. The summed E-state index contributed by atoms with van der Waals surface area (Å²) in [5.41, 5.74) is 5.29. The molecule has 72 valence electrons. The summed E-state index contributed by atoms with van der Waals surface area (Å²) in [6, 6.07) is 0. The minimum atomic E-state index is -0.0486. The van der Waals surface area contributed by atoms with Gasteiger partial charge in [0.05, 0.1) is 13.1 Å². The summed E-state index contributed by atoms with van der Waals surface area (Å²) < 4.78 is 4.84. The van der Waals surface area contributed by atoms with E-state index >= 15 is 0 Å². The molecule has 0 aliphatic carbocycles. The first kappa shape index (κ1) is 9.66. The van der Waals surface area contributed by atoms with Crippen molar-refractivity contribution in [2.75, 3.05) is 7.05 Å². The Labute approximate surface area is 75.7 Å². The maximum absolute atomic E-state index is 10.8. The number of nitrogens with two attached hydrogens (primary N) is 1. The van der Waals surface area contributed by atoms with Crippen LogP contribution in [-0.4, -0.2) is 28.0 Å². The van der Waals surface area contributed by atoms with Crippen LogP contribution < -0.4 is 5.73 Å². The maximum atomic E-state index is 10.8. The minimum absolute atomic E-state index is 0.0486. The van der Waals surface area contributed by atoms with Crippen LogP contribution in [0.3, 0.4) is 0 Å². The Bertz CT molecular complexity index is 296. The van der Waals surface area contributed by atoms with Crippen molar-refractivity contribution in [2.24, 2.45) is 5.73 Å². The van der Waals surface area contributed by atoms with Crippen molar-refractivity contribution in [3.05, 3.63) is 11.7 Å². The average molecular weight is 184 g/mol. The Morgan fingerprint density at radius 2 is 2.38 bits per heavy atom. The molecule has 0 aromatic carbocycles. The third-order valence-corrected chi connectivity index (χ3v) is 1.60. The van der Waals surface area contributed by atoms with E-state index in [1.54, 1.807) is 7.05 Å². The van der Waals surface area contributed by atoms with Gasteiger partial charge in [-0.15, -0.1) is 0 Å². The molecule has 1 aromatic rings. The summed E-state index contributed by atoms with van der Waals surface area (Å²) in [6.45, 7) is 2.04. The van der Waals surface area contributed by atoms with Gasteiger partial charge in [-0.05, 0) is 0 Å². The number of hydrogen-bond acceptors (Lipinski definition) is 5. The van der Waals surface area contributed by atoms with E-state index in [1.807, 2.05) is 0 Å². The molecule has 0 aliphatic rings. The highest BCUT2D eigenvalue weighted by atomic mass is 16.5. The Morgan fingerprint density at radius 1 is 1.69 bits per heavy atom. The quantitative estimate of drug-likeness (QED) is 0.684. The van der Waals surface area contributed by atoms with Crippen LogP contribution in [0.1, 0.15) is 18.6 Å². The standard InChI is InChI=1S/C7H12N4O2/c1-5(12)11(2)4-7-9-6(3-8)10-13-7/h3-4,8H2,1-2H3. The van der Waals surface area contributed by atoms with Crippen LogP contribution in [-0.2, 0) is 17.9 Å². The van der Waals surface area contributed by atoms with E-state index in [9.17, 15) is 4.79 Å². The monoisotopic (exact) mass is 184 g/mol. The Kier molecular flexibility index (Phi) is 2.97. The van der Waals surface area contributed by atoms with E-state index in [-0.39, 0.29) is 12.5 Å². The fourth-order valence-electron chi connectivity index (χ4n) is 0.752. The molecule has 0 aliphatic heterocycles. The van der Waals surface area contributed by atoms with Crippen molar-refractivity contribution in [3.63, 3.8) is 0 Å². The predicted octanol–water partition coefficient (Wildman–Crippen LogP) is -0.493. The highest BCUT2D eigenvalue weighted by Gasteiger charge is 2.09. The van der Waals surface area contributed by atoms with Crippen LogP contribution in [0.5, 0.6) is 0 Å². The lowest BCUT2D eigenvalue weighted by Crippen LogP contribution is -2.23. The highest BCUT2D eigenvalue weighted by Crippen LogP contribution is 2.00. The van der Waals surface area contributed by atoms with Gasteiger partial charge in [-0.1, -0.05) is 5.16 Å². The van der Waals surface area contributed by atoms with Gasteiger partial charge in [-0.3, -0.25) is 4.79 Å². The Morgan fingerprint density at radius 3 is 2.85 bits per heavy atom. The molecule has 1 rings (SSSR count). The average Bonchev–Trinajstić information content (AvgIpc) is 2.52. The van der Waals surface area contributed by atoms with Crippen molar-refractivity contribution < 1.29 is 9.32 Å². The number of carbonyl (C=O) groups excluding carboxylic acids is 1. The smallest absolute Gasteiger partial charge is 0.246 e. The van der Waals surface area contributed by atoms with Crippen LogP contribution in [0.15, 0.2) is 4.52 Å². The van der Waals surface area contributed by atoms with Crippen LogP contribution in [0.25, 0.3) is 0 Å². The summed E-state index contributed by atoms with van der Waals surface area (Å²) in [4.78, 5) is 16.3. The second kappa shape index (κ2) is 3.99. The molecule has 0 unspecified atom stereocenters. The van der Waals surface area contributed by atoms with E-state index in [0.717, 1.165) is 0 Å². The number of amides is 1. The summed E-state index contributed by atoms with van der Waals surface area (Å²) in [5.74, 6) is 0.803. The second-order valence-electron chi connectivity index (χ2n) is 2.68. The van der Waals surface area contributed by atoms with Crippen LogP contribution in [0, 0.1) is 0 Å². The first-order valence-corrected chi connectivity index (χ1v) is 3.86. The van der Waals surface area contributed by atoms with Gasteiger partial charge >= 0.3 is 0 Å². The maximum Gasteiger partial charge on any atom is 0.246 e. The Hall–Kier alpha value is -1.43. The molecule has 0 fully saturated rings. The van der Waals surface area contributed by atoms with Crippen molar-refractivity contribution in [1.82, 2.24) is 15.0 Å². The predicted molar refractivity (Wildman–Crippen MR) is 44.3 cm³/mol. The summed E-state index contributed by atoms with van der Waals surface area (Å²) in [7, 11) is 1.66. The molecule has 0 saturated heterocycles. The minimum Gasteiger partial charge on any atom is -0.337 e. The normalized spacial score (nSPS) is 10.1. The second-order valence-corrected chi connectivity index (χ2v) is 2.68. The number of carbonyl (C=O) groups is 1. The SMILES string of the molecule is CC(=O)N(C)Cc1nc(CN)no1. The molecule has 6 nitrogen and oxygen atoms in total. The lowest BCUT2D eigenvalue weighted by atomic mass is 10.5. The zero-order valence-electron chi connectivity index (χ0n) is 7.65. The number of aromatic nitrogens is 2. The van der Waals surface area contributed by atoms with Crippen molar-refractivity contribution >= 4 is 5.91 Å². The molecule has 1 amide bonds. The van der Waals surface area contributed by atoms with Gasteiger partial charge in [-0.25, -0.2) is 0 Å². The van der Waals surface area contributed by atoms with Gasteiger partial charge in [0.25, 0.3) is 0 Å². The largest absolute Gasteiger partial charge is 0.337 e. The number of rotatable bonds is 3.